The van der Waals surface area contributed by atoms with Crippen molar-refractivity contribution < 1.29 is 0 Å². The zero-order chi connectivity index (χ0) is 12.3. The quantitative estimate of drug-likeness (QED) is 0.895. The lowest BCUT2D eigenvalue weighted by Crippen LogP contribution is -2.06. The summed E-state index contributed by atoms with van der Waals surface area (Å²) in [6.45, 7) is 2.67. The Bertz CT molecular complexity index is 512. The van der Waals surface area contributed by atoms with Crippen molar-refractivity contribution in [3.05, 3.63) is 34.6 Å². The Hall–Kier alpha value is -1.04. The van der Waals surface area contributed by atoms with Gasteiger partial charge < -0.3 is 5.32 Å². The second-order valence-electron chi connectivity index (χ2n) is 3.59. The van der Waals surface area contributed by atoms with Crippen LogP contribution < -0.4 is 5.32 Å². The van der Waals surface area contributed by atoms with Crippen LogP contribution in [0.3, 0.4) is 0 Å². The fraction of sp³-hybridized carbons (Fsp3) is 0.273. The molecule has 6 heteroatoms. The van der Waals surface area contributed by atoms with Crippen molar-refractivity contribution in [1.29, 1.82) is 0 Å². The summed E-state index contributed by atoms with van der Waals surface area (Å²) in [4.78, 5) is 5.34. The van der Waals surface area contributed by atoms with Crippen LogP contribution in [0.15, 0.2) is 28.3 Å². The Morgan fingerprint density at radius 2 is 2.29 bits per heavy atom. The molecule has 1 aromatic heterocycles. The summed E-state index contributed by atoms with van der Waals surface area (Å²) in [6.07, 6.45) is 0. The first kappa shape index (κ1) is 12.4. The third-order valence-corrected chi connectivity index (χ3v) is 3.37. The number of hydrogen-bond acceptors (Lipinski definition) is 4. The van der Waals surface area contributed by atoms with Gasteiger partial charge >= 0.3 is 0 Å². The summed E-state index contributed by atoms with van der Waals surface area (Å²) in [5.74, 6) is 0.810. The second kappa shape index (κ2) is 5.53. The van der Waals surface area contributed by atoms with Crippen LogP contribution in [-0.4, -0.2) is 22.2 Å². The molecule has 0 unspecified atom stereocenters. The fourth-order valence-electron chi connectivity index (χ4n) is 1.43. The highest BCUT2D eigenvalue weighted by Crippen LogP contribution is 2.30. The summed E-state index contributed by atoms with van der Waals surface area (Å²) in [5.41, 5.74) is 1.18. The number of hydrogen-bond donors (Lipinski definition) is 2. The molecule has 90 valence electrons. The predicted octanol–water partition coefficient (Wildman–Crippen LogP) is 2.64. The van der Waals surface area contributed by atoms with Crippen molar-refractivity contribution in [1.82, 2.24) is 20.5 Å². The Kier molecular flexibility index (Phi) is 4.04. The van der Waals surface area contributed by atoms with Gasteiger partial charge in [-0.15, -0.1) is 5.10 Å². The normalized spacial score (nSPS) is 10.8. The molecular formula is C11H13ClN4S. The fourth-order valence-corrected chi connectivity index (χ4v) is 2.59. The van der Waals surface area contributed by atoms with Crippen LogP contribution in [0.4, 0.5) is 0 Å². The first-order chi connectivity index (χ1) is 8.19. The number of aromatic amines is 1. The molecule has 0 spiro atoms. The molecule has 0 saturated carbocycles. The number of benzene rings is 1. The zero-order valence-electron chi connectivity index (χ0n) is 9.62. The molecule has 0 fully saturated rings. The number of nitrogens with one attached hydrogen (secondary N) is 2. The number of aryl methyl sites for hydroxylation is 1. The van der Waals surface area contributed by atoms with Crippen molar-refractivity contribution in [2.75, 3.05) is 7.05 Å². The summed E-state index contributed by atoms with van der Waals surface area (Å²) in [6, 6.07) is 5.84. The maximum atomic E-state index is 6.01. The number of aromatic nitrogens is 3. The predicted molar refractivity (Wildman–Crippen MR) is 69.5 cm³/mol. The van der Waals surface area contributed by atoms with E-state index in [0.717, 1.165) is 22.3 Å². The second-order valence-corrected chi connectivity index (χ2v) is 5.03. The minimum Gasteiger partial charge on any atom is -0.316 e. The Morgan fingerprint density at radius 1 is 1.47 bits per heavy atom. The van der Waals surface area contributed by atoms with Crippen molar-refractivity contribution in [3.8, 4) is 0 Å². The summed E-state index contributed by atoms with van der Waals surface area (Å²) in [7, 11) is 1.92. The third-order valence-electron chi connectivity index (χ3n) is 2.17. The number of halogens is 1. The first-order valence-corrected chi connectivity index (χ1v) is 6.38. The molecule has 0 aliphatic heterocycles. The Morgan fingerprint density at radius 3 is 2.94 bits per heavy atom. The molecule has 0 saturated heterocycles. The standard InChI is InChI=1S/C11H13ClN4S/c1-7-14-11(16-15-7)17-10-5-9(12)4-3-8(10)6-13-2/h3-5,13H,6H2,1-2H3,(H,14,15,16). The summed E-state index contributed by atoms with van der Waals surface area (Å²) in [5, 5.41) is 11.5. The SMILES string of the molecule is CNCc1ccc(Cl)cc1Sc1n[nH]c(C)n1. The van der Waals surface area contributed by atoms with Crippen LogP contribution in [-0.2, 0) is 6.54 Å². The summed E-state index contributed by atoms with van der Waals surface area (Å²) < 4.78 is 0. The average molecular weight is 269 g/mol. The van der Waals surface area contributed by atoms with Gasteiger partial charge in [-0.1, -0.05) is 17.7 Å². The lowest BCUT2D eigenvalue weighted by atomic mass is 10.2. The monoisotopic (exact) mass is 268 g/mol. The lowest BCUT2D eigenvalue weighted by Gasteiger charge is -2.07. The van der Waals surface area contributed by atoms with Gasteiger partial charge in [0.15, 0.2) is 0 Å². The van der Waals surface area contributed by atoms with Crippen LogP contribution in [0.5, 0.6) is 0 Å². The summed E-state index contributed by atoms with van der Waals surface area (Å²) >= 11 is 7.52. The molecule has 17 heavy (non-hydrogen) atoms. The molecular weight excluding hydrogens is 256 g/mol. The molecule has 0 amide bonds. The molecule has 0 aliphatic rings. The molecule has 2 rings (SSSR count). The number of nitrogens with zero attached hydrogens (tertiary/aromatic N) is 2. The minimum absolute atomic E-state index is 0.710. The van der Waals surface area contributed by atoms with Crippen LogP contribution in [0, 0.1) is 6.92 Å². The molecule has 1 aromatic carbocycles. The highest BCUT2D eigenvalue weighted by atomic mass is 35.5. The van der Waals surface area contributed by atoms with Crippen LogP contribution >= 0.6 is 23.4 Å². The van der Waals surface area contributed by atoms with Gasteiger partial charge in [0.25, 0.3) is 0 Å². The molecule has 0 radical (unpaired) electrons. The van der Waals surface area contributed by atoms with Gasteiger partial charge in [0.05, 0.1) is 0 Å². The van der Waals surface area contributed by atoms with Gasteiger partial charge in [-0.3, -0.25) is 5.10 Å². The molecule has 0 aliphatic carbocycles. The molecule has 0 atom stereocenters. The largest absolute Gasteiger partial charge is 0.316 e. The van der Waals surface area contributed by atoms with Crippen molar-refractivity contribution in [3.63, 3.8) is 0 Å². The lowest BCUT2D eigenvalue weighted by molar-refractivity contribution is 0.802. The highest BCUT2D eigenvalue weighted by Gasteiger charge is 2.08. The highest BCUT2D eigenvalue weighted by molar-refractivity contribution is 7.99. The van der Waals surface area contributed by atoms with E-state index in [1.54, 1.807) is 0 Å². The molecule has 2 N–H and O–H groups in total. The average Bonchev–Trinajstić information content (AvgIpc) is 2.68. The van der Waals surface area contributed by atoms with E-state index in [0.29, 0.717) is 5.16 Å². The zero-order valence-corrected chi connectivity index (χ0v) is 11.2. The van der Waals surface area contributed by atoms with E-state index in [4.69, 9.17) is 11.6 Å². The van der Waals surface area contributed by atoms with E-state index in [1.165, 1.54) is 17.3 Å². The third kappa shape index (κ3) is 3.21. The van der Waals surface area contributed by atoms with Crippen molar-refractivity contribution >= 4 is 23.4 Å². The molecule has 0 bridgehead atoms. The smallest absolute Gasteiger partial charge is 0.213 e. The molecule has 4 nitrogen and oxygen atoms in total. The van der Waals surface area contributed by atoms with E-state index in [2.05, 4.69) is 20.5 Å². The molecule has 1 heterocycles. The van der Waals surface area contributed by atoms with Gasteiger partial charge in [-0.25, -0.2) is 4.98 Å². The van der Waals surface area contributed by atoms with Crippen LogP contribution in [0.25, 0.3) is 0 Å². The Labute approximate surface area is 109 Å². The minimum atomic E-state index is 0.710. The van der Waals surface area contributed by atoms with Gasteiger partial charge in [-0.05, 0) is 43.4 Å². The van der Waals surface area contributed by atoms with Gasteiger partial charge in [-0.2, -0.15) is 0 Å². The van der Waals surface area contributed by atoms with E-state index in [-0.39, 0.29) is 0 Å². The van der Waals surface area contributed by atoms with E-state index >= 15 is 0 Å². The van der Waals surface area contributed by atoms with Crippen molar-refractivity contribution in [2.24, 2.45) is 0 Å². The van der Waals surface area contributed by atoms with Gasteiger partial charge in [0.1, 0.15) is 5.82 Å². The van der Waals surface area contributed by atoms with Crippen molar-refractivity contribution in [2.45, 2.75) is 23.5 Å². The van der Waals surface area contributed by atoms with E-state index in [1.807, 2.05) is 32.2 Å². The van der Waals surface area contributed by atoms with Gasteiger partial charge in [0.2, 0.25) is 5.16 Å². The van der Waals surface area contributed by atoms with E-state index in [9.17, 15) is 0 Å². The first-order valence-electron chi connectivity index (χ1n) is 5.19. The van der Waals surface area contributed by atoms with Crippen LogP contribution in [0.1, 0.15) is 11.4 Å². The van der Waals surface area contributed by atoms with Crippen LogP contribution in [0.2, 0.25) is 5.02 Å². The molecule has 2 aromatic rings. The maximum absolute atomic E-state index is 6.01. The number of rotatable bonds is 4. The van der Waals surface area contributed by atoms with E-state index < -0.39 is 0 Å². The Balaban J connectivity index is 2.26. The number of H-pyrrole nitrogens is 1. The topological polar surface area (TPSA) is 53.6 Å². The van der Waals surface area contributed by atoms with Gasteiger partial charge in [0, 0.05) is 16.5 Å². The maximum Gasteiger partial charge on any atom is 0.213 e.